The number of anilines is 1. The van der Waals surface area contributed by atoms with E-state index in [4.69, 9.17) is 4.98 Å². The summed E-state index contributed by atoms with van der Waals surface area (Å²) in [5.41, 5.74) is 5.04. The molecule has 0 atom stereocenters. The van der Waals surface area contributed by atoms with E-state index in [1.165, 1.54) is 4.88 Å². The summed E-state index contributed by atoms with van der Waals surface area (Å²) in [7, 11) is 0. The van der Waals surface area contributed by atoms with Crippen molar-refractivity contribution >= 4 is 22.4 Å². The van der Waals surface area contributed by atoms with Crippen molar-refractivity contribution in [1.29, 1.82) is 0 Å². The van der Waals surface area contributed by atoms with Gasteiger partial charge in [-0.1, -0.05) is 78.9 Å². The lowest BCUT2D eigenvalue weighted by molar-refractivity contribution is 0.0747. The van der Waals surface area contributed by atoms with E-state index in [-0.39, 0.29) is 5.91 Å². The summed E-state index contributed by atoms with van der Waals surface area (Å²) in [6.07, 6.45) is 0. The number of nitrogens with zero attached hydrogens (tertiary/aromatic N) is 3. The molecule has 5 heteroatoms. The van der Waals surface area contributed by atoms with Gasteiger partial charge >= 0.3 is 0 Å². The second-order valence-electron chi connectivity index (χ2n) is 7.96. The molecule has 1 aromatic heterocycles. The number of benzene rings is 3. The van der Waals surface area contributed by atoms with E-state index in [2.05, 4.69) is 36.1 Å². The van der Waals surface area contributed by atoms with Crippen LogP contribution in [0.2, 0.25) is 0 Å². The zero-order valence-corrected chi connectivity index (χ0v) is 18.9. The molecular formula is C27H25N3OS. The molecular weight excluding hydrogens is 414 g/mol. The Kier molecular flexibility index (Phi) is 5.73. The Hall–Kier alpha value is -3.44. The maximum atomic E-state index is 13.4. The van der Waals surface area contributed by atoms with Crippen LogP contribution in [0.15, 0.2) is 84.9 Å². The van der Waals surface area contributed by atoms with Crippen LogP contribution < -0.4 is 4.90 Å². The molecule has 32 heavy (non-hydrogen) atoms. The molecule has 0 spiro atoms. The predicted octanol–water partition coefficient (Wildman–Crippen LogP) is 5.75. The van der Waals surface area contributed by atoms with Crippen LogP contribution in [0.1, 0.15) is 15.2 Å². The minimum atomic E-state index is 0.101. The fourth-order valence-corrected chi connectivity index (χ4v) is 5.17. The predicted molar refractivity (Wildman–Crippen MR) is 132 cm³/mol. The number of amides is 1. The summed E-state index contributed by atoms with van der Waals surface area (Å²) in [4.78, 5) is 23.8. The third-order valence-corrected chi connectivity index (χ3v) is 6.94. The average molecular weight is 440 g/mol. The molecule has 1 amide bonds. The maximum absolute atomic E-state index is 13.4. The highest BCUT2D eigenvalue weighted by Crippen LogP contribution is 2.33. The molecule has 160 valence electrons. The number of rotatable bonds is 4. The van der Waals surface area contributed by atoms with Gasteiger partial charge in [-0.15, -0.1) is 11.3 Å². The molecule has 3 aromatic carbocycles. The van der Waals surface area contributed by atoms with Gasteiger partial charge in [-0.3, -0.25) is 4.79 Å². The van der Waals surface area contributed by atoms with E-state index < -0.39 is 0 Å². The van der Waals surface area contributed by atoms with Crippen molar-refractivity contribution in [3.05, 3.63) is 95.4 Å². The quantitative estimate of drug-likeness (QED) is 0.406. The molecule has 1 aliphatic rings. The molecule has 0 unspecified atom stereocenters. The average Bonchev–Trinajstić information content (AvgIpc) is 3.26. The second kappa shape index (κ2) is 8.97. The maximum Gasteiger partial charge on any atom is 0.254 e. The van der Waals surface area contributed by atoms with Crippen LogP contribution in [-0.4, -0.2) is 42.0 Å². The van der Waals surface area contributed by atoms with Gasteiger partial charge in [0.1, 0.15) is 0 Å². The minimum Gasteiger partial charge on any atom is -0.345 e. The zero-order chi connectivity index (χ0) is 21.9. The van der Waals surface area contributed by atoms with E-state index in [0.717, 1.165) is 46.2 Å². The van der Waals surface area contributed by atoms with Gasteiger partial charge in [0, 0.05) is 42.2 Å². The highest BCUT2D eigenvalue weighted by Gasteiger charge is 2.26. The Labute approximate surface area is 192 Å². The molecule has 0 aliphatic carbocycles. The van der Waals surface area contributed by atoms with Gasteiger partial charge < -0.3 is 9.80 Å². The van der Waals surface area contributed by atoms with Gasteiger partial charge in [-0.25, -0.2) is 4.98 Å². The zero-order valence-electron chi connectivity index (χ0n) is 18.1. The van der Waals surface area contributed by atoms with Crippen molar-refractivity contribution in [1.82, 2.24) is 9.88 Å². The van der Waals surface area contributed by atoms with Crippen molar-refractivity contribution in [2.24, 2.45) is 0 Å². The van der Waals surface area contributed by atoms with Gasteiger partial charge in [-0.05, 0) is 24.1 Å². The Morgan fingerprint density at radius 1 is 0.781 bits per heavy atom. The summed E-state index contributed by atoms with van der Waals surface area (Å²) >= 11 is 1.73. The van der Waals surface area contributed by atoms with Crippen LogP contribution in [0.25, 0.3) is 22.4 Å². The molecule has 0 N–H and O–H groups in total. The highest BCUT2D eigenvalue weighted by molar-refractivity contribution is 7.16. The normalized spacial score (nSPS) is 13.9. The molecule has 4 aromatic rings. The Morgan fingerprint density at radius 3 is 2.06 bits per heavy atom. The van der Waals surface area contributed by atoms with E-state index in [0.29, 0.717) is 13.1 Å². The molecule has 1 aliphatic heterocycles. The van der Waals surface area contributed by atoms with Crippen molar-refractivity contribution in [3.63, 3.8) is 0 Å². The number of piperazine rings is 1. The standard InChI is InChI=1S/C27H25N3OS/c1-20-25(22-12-6-3-7-13-22)28-27(32-20)30-18-16-29(17-19-30)26(31)24-15-9-8-14-23(24)21-10-4-2-5-11-21/h2-15H,16-19H2,1H3. The largest absolute Gasteiger partial charge is 0.345 e. The number of hydrogen-bond donors (Lipinski definition) is 0. The van der Waals surface area contributed by atoms with Crippen molar-refractivity contribution in [2.75, 3.05) is 31.1 Å². The first kappa shape index (κ1) is 20.5. The lowest BCUT2D eigenvalue weighted by Gasteiger charge is -2.35. The first-order chi connectivity index (χ1) is 15.7. The summed E-state index contributed by atoms with van der Waals surface area (Å²) in [5, 5.41) is 1.04. The van der Waals surface area contributed by atoms with Crippen LogP contribution in [-0.2, 0) is 0 Å². The third-order valence-electron chi connectivity index (χ3n) is 5.91. The number of carbonyl (C=O) groups is 1. The van der Waals surface area contributed by atoms with E-state index in [9.17, 15) is 4.79 Å². The van der Waals surface area contributed by atoms with Gasteiger partial charge in [0.15, 0.2) is 5.13 Å². The monoisotopic (exact) mass is 439 g/mol. The Morgan fingerprint density at radius 2 is 1.38 bits per heavy atom. The second-order valence-corrected chi connectivity index (χ2v) is 9.14. The first-order valence-corrected chi connectivity index (χ1v) is 11.7. The Balaban J connectivity index is 1.31. The van der Waals surface area contributed by atoms with Crippen LogP contribution >= 0.6 is 11.3 Å². The highest BCUT2D eigenvalue weighted by atomic mass is 32.1. The molecule has 4 nitrogen and oxygen atoms in total. The number of hydrogen-bond acceptors (Lipinski definition) is 4. The van der Waals surface area contributed by atoms with Crippen LogP contribution in [0, 0.1) is 6.92 Å². The van der Waals surface area contributed by atoms with Crippen molar-refractivity contribution in [2.45, 2.75) is 6.92 Å². The summed E-state index contributed by atoms with van der Waals surface area (Å²) in [6.45, 7) is 5.10. The molecule has 0 bridgehead atoms. The molecule has 0 saturated carbocycles. The first-order valence-electron chi connectivity index (χ1n) is 10.9. The lowest BCUT2D eigenvalue weighted by atomic mass is 9.98. The summed E-state index contributed by atoms with van der Waals surface area (Å²) < 4.78 is 0. The van der Waals surface area contributed by atoms with E-state index in [1.807, 2.05) is 65.6 Å². The number of aromatic nitrogens is 1. The minimum absolute atomic E-state index is 0.101. The van der Waals surface area contributed by atoms with Crippen molar-refractivity contribution in [3.8, 4) is 22.4 Å². The van der Waals surface area contributed by atoms with E-state index in [1.54, 1.807) is 11.3 Å². The molecule has 1 fully saturated rings. The van der Waals surface area contributed by atoms with Crippen molar-refractivity contribution < 1.29 is 4.79 Å². The smallest absolute Gasteiger partial charge is 0.254 e. The van der Waals surface area contributed by atoms with E-state index >= 15 is 0 Å². The van der Waals surface area contributed by atoms with Crippen LogP contribution in [0.4, 0.5) is 5.13 Å². The fourth-order valence-electron chi connectivity index (χ4n) is 4.19. The van der Waals surface area contributed by atoms with Gasteiger partial charge in [0.05, 0.1) is 5.69 Å². The number of carbonyl (C=O) groups excluding carboxylic acids is 1. The number of aryl methyl sites for hydroxylation is 1. The van der Waals surface area contributed by atoms with Crippen LogP contribution in [0.3, 0.4) is 0 Å². The summed E-state index contributed by atoms with van der Waals surface area (Å²) in [5.74, 6) is 0.101. The topological polar surface area (TPSA) is 36.4 Å². The molecule has 2 heterocycles. The molecule has 1 saturated heterocycles. The third kappa shape index (κ3) is 4.04. The lowest BCUT2D eigenvalue weighted by Crippen LogP contribution is -2.48. The molecule has 5 rings (SSSR count). The molecule has 0 radical (unpaired) electrons. The van der Waals surface area contributed by atoms with Gasteiger partial charge in [-0.2, -0.15) is 0 Å². The van der Waals surface area contributed by atoms with Gasteiger partial charge in [0.2, 0.25) is 0 Å². The fraction of sp³-hybridized carbons (Fsp3) is 0.185. The van der Waals surface area contributed by atoms with Crippen LogP contribution in [0.5, 0.6) is 0 Å². The van der Waals surface area contributed by atoms with Gasteiger partial charge in [0.25, 0.3) is 5.91 Å². The SMILES string of the molecule is Cc1sc(N2CCN(C(=O)c3ccccc3-c3ccccc3)CC2)nc1-c1ccccc1. The number of thiazole rings is 1. The summed E-state index contributed by atoms with van der Waals surface area (Å²) in [6, 6.07) is 28.4. The Bertz CT molecular complexity index is 1210.